The van der Waals surface area contributed by atoms with Gasteiger partial charge < -0.3 is 35.3 Å². The number of rotatable bonds is 13. The molecule has 4 rings (SSSR count). The number of carbonyl (C=O) groups is 4. The first-order valence-corrected chi connectivity index (χ1v) is 14.9. The van der Waals surface area contributed by atoms with Gasteiger partial charge in [0.2, 0.25) is 0 Å². The quantitative estimate of drug-likeness (QED) is 0.0987. The van der Waals surface area contributed by atoms with E-state index in [1.165, 1.54) is 0 Å². The van der Waals surface area contributed by atoms with Gasteiger partial charge >= 0.3 is 24.1 Å². The summed E-state index contributed by atoms with van der Waals surface area (Å²) in [7, 11) is 0. The fourth-order valence-electron chi connectivity index (χ4n) is 7.15. The summed E-state index contributed by atoms with van der Waals surface area (Å²) in [5, 5.41) is 6.43. The predicted molar refractivity (Wildman–Crippen MR) is 145 cm³/mol. The summed E-state index contributed by atoms with van der Waals surface area (Å²) < 4.78 is 21.1. The van der Waals surface area contributed by atoms with Crippen LogP contribution in [0.4, 0.5) is 4.79 Å². The highest BCUT2D eigenvalue weighted by molar-refractivity contribution is 5.99. The maximum absolute atomic E-state index is 12.7. The van der Waals surface area contributed by atoms with Gasteiger partial charge in [0.05, 0.1) is 18.9 Å². The van der Waals surface area contributed by atoms with Crippen LogP contribution in [0, 0.1) is 29.6 Å². The van der Waals surface area contributed by atoms with Crippen LogP contribution >= 0.6 is 0 Å². The van der Waals surface area contributed by atoms with Crippen LogP contribution in [-0.4, -0.2) is 73.1 Å². The maximum atomic E-state index is 12.7. The van der Waals surface area contributed by atoms with Gasteiger partial charge in [-0.3, -0.25) is 9.59 Å². The molecule has 0 aromatic rings. The van der Waals surface area contributed by atoms with E-state index in [1.54, 1.807) is 6.92 Å². The lowest BCUT2D eigenvalue weighted by Crippen LogP contribution is -2.46. The summed E-state index contributed by atoms with van der Waals surface area (Å²) in [6.07, 6.45) is 4.15. The van der Waals surface area contributed by atoms with Crippen LogP contribution < -0.4 is 16.4 Å². The number of esters is 3. The van der Waals surface area contributed by atoms with Crippen LogP contribution in [0.15, 0.2) is 0 Å². The third kappa shape index (κ3) is 7.53. The highest BCUT2D eigenvalue weighted by Crippen LogP contribution is 2.54. The molecule has 0 amide bonds. The molecule has 226 valence electrons. The number of unbranched alkanes of at least 4 members (excludes halogenated alkanes) is 1. The van der Waals surface area contributed by atoms with Gasteiger partial charge in [-0.2, -0.15) is 0 Å². The monoisotopic (exact) mass is 565 g/mol. The van der Waals surface area contributed by atoms with E-state index >= 15 is 0 Å². The molecule has 40 heavy (non-hydrogen) atoms. The van der Waals surface area contributed by atoms with Crippen LogP contribution in [0.1, 0.15) is 79.6 Å². The smallest absolute Gasteiger partial charge is 0.460 e. The van der Waals surface area contributed by atoms with E-state index in [-0.39, 0.29) is 54.9 Å². The minimum absolute atomic E-state index is 0.00140. The Morgan fingerprint density at radius 3 is 2.52 bits per heavy atom. The Labute approximate surface area is 236 Å². The van der Waals surface area contributed by atoms with Gasteiger partial charge in [0.25, 0.3) is 0 Å². The lowest BCUT2D eigenvalue weighted by molar-refractivity contribution is -0.159. The van der Waals surface area contributed by atoms with E-state index in [0.717, 1.165) is 45.1 Å². The van der Waals surface area contributed by atoms with Crippen molar-refractivity contribution in [1.29, 1.82) is 0 Å². The Morgan fingerprint density at radius 2 is 1.90 bits per heavy atom. The van der Waals surface area contributed by atoms with E-state index < -0.39 is 41.8 Å². The van der Waals surface area contributed by atoms with Gasteiger partial charge in [0.15, 0.2) is 0 Å². The Kier molecular flexibility index (Phi) is 9.78. The molecular weight excluding hydrogens is 518 g/mol. The van der Waals surface area contributed by atoms with E-state index in [0.29, 0.717) is 5.92 Å². The number of ether oxygens (including phenoxy) is 4. The van der Waals surface area contributed by atoms with E-state index in [9.17, 15) is 19.2 Å². The zero-order chi connectivity index (χ0) is 29.2. The molecule has 2 bridgehead atoms. The number of nitrogens with two attached hydrogens (primary N) is 1. The van der Waals surface area contributed by atoms with Crippen molar-refractivity contribution in [1.82, 2.24) is 10.6 Å². The molecule has 0 spiro atoms. The molecule has 0 radical (unpaired) electrons. The summed E-state index contributed by atoms with van der Waals surface area (Å²) in [6, 6.07) is -0.429. The molecule has 4 N–H and O–H groups in total. The van der Waals surface area contributed by atoms with Crippen LogP contribution in [-0.2, 0) is 33.3 Å². The van der Waals surface area contributed by atoms with Gasteiger partial charge in [-0.05, 0) is 78.1 Å². The van der Waals surface area contributed by atoms with Crippen molar-refractivity contribution in [3.63, 3.8) is 0 Å². The Hall–Kier alpha value is -2.24. The van der Waals surface area contributed by atoms with Gasteiger partial charge in [0.1, 0.15) is 17.7 Å². The van der Waals surface area contributed by atoms with Crippen molar-refractivity contribution >= 4 is 24.1 Å². The fourth-order valence-corrected chi connectivity index (χ4v) is 7.15. The number of nitrogens with one attached hydrogen (secondary N) is 2. The van der Waals surface area contributed by atoms with Crippen molar-refractivity contribution < 1.29 is 38.1 Å². The highest BCUT2D eigenvalue weighted by Gasteiger charge is 2.54. The van der Waals surface area contributed by atoms with Crippen molar-refractivity contribution in [2.75, 3.05) is 13.2 Å². The predicted octanol–water partition coefficient (Wildman–Crippen LogP) is 2.44. The molecule has 10 atom stereocenters. The molecule has 2 saturated heterocycles. The minimum atomic E-state index is -0.756. The molecule has 4 aliphatic rings. The molecule has 0 aromatic carbocycles. The molecule has 0 aromatic heterocycles. The first-order chi connectivity index (χ1) is 18.9. The first-order valence-electron chi connectivity index (χ1n) is 14.9. The Morgan fingerprint density at radius 1 is 1.18 bits per heavy atom. The summed E-state index contributed by atoms with van der Waals surface area (Å²) in [5.41, 5.74) is 6.04. The van der Waals surface area contributed by atoms with Crippen LogP contribution in [0.5, 0.6) is 0 Å². The van der Waals surface area contributed by atoms with Crippen molar-refractivity contribution in [3.8, 4) is 0 Å². The van der Waals surface area contributed by atoms with Crippen LogP contribution in [0.25, 0.3) is 0 Å². The minimum Gasteiger partial charge on any atom is -0.460 e. The zero-order valence-electron chi connectivity index (χ0n) is 24.5. The van der Waals surface area contributed by atoms with E-state index in [4.69, 9.17) is 24.7 Å². The van der Waals surface area contributed by atoms with Crippen molar-refractivity contribution in [2.24, 2.45) is 35.3 Å². The Bertz CT molecular complexity index is 948. The maximum Gasteiger partial charge on any atom is 0.508 e. The largest absolute Gasteiger partial charge is 0.508 e. The fraction of sp³-hybridized carbons (Fsp3) is 0.862. The number of carbonyl (C=O) groups excluding carboxylic acids is 4. The molecule has 2 aliphatic heterocycles. The molecule has 2 saturated carbocycles. The topological polar surface area (TPSA) is 165 Å². The lowest BCUT2D eigenvalue weighted by atomic mass is 9.73. The highest BCUT2D eigenvalue weighted by atomic mass is 16.7. The number of fused-ring (bicyclic) bond motifs is 2. The second kappa shape index (κ2) is 12.7. The molecule has 11 nitrogen and oxygen atoms in total. The second-order valence-electron chi connectivity index (χ2n) is 13.0. The second-order valence-corrected chi connectivity index (χ2v) is 13.0. The molecule has 10 unspecified atom stereocenters. The summed E-state index contributed by atoms with van der Waals surface area (Å²) >= 11 is 0. The normalized spacial score (nSPS) is 34.4. The molecule has 4 fully saturated rings. The summed E-state index contributed by atoms with van der Waals surface area (Å²) in [4.78, 5) is 49.2. The standard InChI is InChI=1S/C29H47N3O8/c1-6-37-28(36)38-21(13-22(33)40-29(3,4)5)19-12-16-11-18(19)17(24(16)30)10-8-7-9-15(2)32-25-23(20-14-31-20)26(34)39-27(25)35/h15-21,23-25,31-32H,6-14,30H2,1-5H3. The van der Waals surface area contributed by atoms with E-state index in [2.05, 4.69) is 10.6 Å². The molecule has 11 heteroatoms. The van der Waals surface area contributed by atoms with E-state index in [1.807, 2.05) is 27.7 Å². The first kappa shape index (κ1) is 30.7. The van der Waals surface area contributed by atoms with Crippen molar-refractivity contribution in [2.45, 2.75) is 115 Å². The van der Waals surface area contributed by atoms with Gasteiger partial charge in [-0.1, -0.05) is 12.8 Å². The average molecular weight is 566 g/mol. The summed E-state index contributed by atoms with van der Waals surface area (Å²) in [5.74, 6) is -0.849. The third-order valence-corrected chi connectivity index (χ3v) is 8.91. The van der Waals surface area contributed by atoms with Crippen LogP contribution in [0.2, 0.25) is 0 Å². The summed E-state index contributed by atoms with van der Waals surface area (Å²) in [6.45, 7) is 10.1. The molecule has 2 heterocycles. The van der Waals surface area contributed by atoms with Gasteiger partial charge in [0, 0.05) is 30.6 Å². The molecule has 2 aliphatic carbocycles. The number of cyclic esters (lactones) is 2. The third-order valence-electron chi connectivity index (χ3n) is 8.91. The van der Waals surface area contributed by atoms with Crippen LogP contribution in [0.3, 0.4) is 0 Å². The SMILES string of the molecule is CCOC(=O)OC(CC(=O)OC(C)(C)C)C1CC2CC1C(CCCCC(C)NC1C(=O)OC(=O)C1C1CN1)C2N. The number of hydrogen-bond donors (Lipinski definition) is 3. The lowest BCUT2D eigenvalue weighted by Gasteiger charge is -2.37. The zero-order valence-corrected chi connectivity index (χ0v) is 24.5. The Balaban J connectivity index is 1.29. The average Bonchev–Trinajstić information content (AvgIpc) is 3.42. The van der Waals surface area contributed by atoms with Crippen molar-refractivity contribution in [3.05, 3.63) is 0 Å². The number of hydrogen-bond acceptors (Lipinski definition) is 11. The van der Waals surface area contributed by atoms with Gasteiger partial charge in [-0.15, -0.1) is 0 Å². The van der Waals surface area contributed by atoms with Gasteiger partial charge in [-0.25, -0.2) is 9.59 Å². The molecular formula is C29H47N3O8.